The molecule has 0 spiro atoms. The van der Waals surface area contributed by atoms with Crippen molar-refractivity contribution in [2.75, 3.05) is 5.73 Å². The maximum absolute atomic E-state index is 13.8. The van der Waals surface area contributed by atoms with Gasteiger partial charge in [0, 0.05) is 18.5 Å². The Morgan fingerprint density at radius 2 is 2.24 bits per heavy atom. The Morgan fingerprint density at radius 1 is 1.43 bits per heavy atom. The second-order valence-corrected chi connectivity index (χ2v) is 4.08. The maximum atomic E-state index is 13.8. The van der Waals surface area contributed by atoms with Crippen LogP contribution in [0.2, 0.25) is 0 Å². The molecule has 0 aliphatic carbocycles. The Morgan fingerprint density at radius 3 is 3.00 bits per heavy atom. The number of nitro groups is 1. The standard InChI is InChI=1S/C12H8FN5O3/c13-7-2-1-3-8(18(19)20)10(7)21-12-11-15-4-5-17(11)6-9(14)16-12/h1-6H,14H2. The van der Waals surface area contributed by atoms with Gasteiger partial charge >= 0.3 is 5.69 Å². The molecule has 2 heterocycles. The highest BCUT2D eigenvalue weighted by molar-refractivity contribution is 5.56. The number of nitrogens with two attached hydrogens (primary N) is 1. The highest BCUT2D eigenvalue weighted by Gasteiger charge is 2.22. The van der Waals surface area contributed by atoms with Crippen LogP contribution in [0.3, 0.4) is 0 Å². The van der Waals surface area contributed by atoms with Crippen molar-refractivity contribution in [3.63, 3.8) is 0 Å². The summed E-state index contributed by atoms with van der Waals surface area (Å²) in [5.74, 6) is -1.42. The number of fused-ring (bicyclic) bond motifs is 1. The van der Waals surface area contributed by atoms with Crippen LogP contribution < -0.4 is 10.5 Å². The molecule has 0 atom stereocenters. The van der Waals surface area contributed by atoms with Crippen molar-refractivity contribution in [2.24, 2.45) is 0 Å². The topological polar surface area (TPSA) is 109 Å². The zero-order valence-electron chi connectivity index (χ0n) is 10.4. The highest BCUT2D eigenvalue weighted by atomic mass is 19.1. The fourth-order valence-electron chi connectivity index (χ4n) is 1.83. The monoisotopic (exact) mass is 289 g/mol. The zero-order valence-corrected chi connectivity index (χ0v) is 10.4. The average Bonchev–Trinajstić information content (AvgIpc) is 2.88. The Labute approximate surface area is 116 Å². The highest BCUT2D eigenvalue weighted by Crippen LogP contribution is 2.34. The first-order valence-corrected chi connectivity index (χ1v) is 5.76. The normalized spacial score (nSPS) is 10.7. The molecular weight excluding hydrogens is 281 g/mol. The minimum absolute atomic E-state index is 0.106. The molecule has 9 heteroatoms. The molecule has 0 amide bonds. The van der Waals surface area contributed by atoms with E-state index in [4.69, 9.17) is 10.5 Å². The largest absolute Gasteiger partial charge is 0.425 e. The van der Waals surface area contributed by atoms with E-state index < -0.39 is 22.2 Å². The van der Waals surface area contributed by atoms with Crippen molar-refractivity contribution in [1.29, 1.82) is 0 Å². The Hall–Kier alpha value is -3.23. The fraction of sp³-hybridized carbons (Fsp3) is 0. The molecule has 2 N–H and O–H groups in total. The summed E-state index contributed by atoms with van der Waals surface area (Å²) < 4.78 is 20.6. The number of benzene rings is 1. The number of imidazole rings is 1. The summed E-state index contributed by atoms with van der Waals surface area (Å²) in [5, 5.41) is 10.9. The van der Waals surface area contributed by atoms with Crippen molar-refractivity contribution in [1.82, 2.24) is 14.4 Å². The molecule has 0 saturated carbocycles. The molecule has 0 radical (unpaired) electrons. The molecule has 0 saturated heterocycles. The summed E-state index contributed by atoms with van der Waals surface area (Å²) in [5.41, 5.74) is 5.36. The van der Waals surface area contributed by atoms with E-state index in [9.17, 15) is 14.5 Å². The van der Waals surface area contributed by atoms with Crippen LogP contribution in [0.25, 0.3) is 5.65 Å². The third kappa shape index (κ3) is 2.20. The molecular formula is C12H8FN5O3. The van der Waals surface area contributed by atoms with Gasteiger partial charge in [0.1, 0.15) is 5.82 Å². The van der Waals surface area contributed by atoms with Gasteiger partial charge in [0.15, 0.2) is 5.82 Å². The molecule has 21 heavy (non-hydrogen) atoms. The summed E-state index contributed by atoms with van der Waals surface area (Å²) >= 11 is 0. The van der Waals surface area contributed by atoms with E-state index in [-0.39, 0.29) is 17.3 Å². The van der Waals surface area contributed by atoms with Gasteiger partial charge < -0.3 is 10.5 Å². The molecule has 0 bridgehead atoms. The molecule has 3 rings (SSSR count). The van der Waals surface area contributed by atoms with Crippen LogP contribution in [-0.2, 0) is 0 Å². The van der Waals surface area contributed by atoms with Crippen LogP contribution in [0.15, 0.2) is 36.8 Å². The number of nitro benzene ring substituents is 1. The van der Waals surface area contributed by atoms with Gasteiger partial charge in [-0.1, -0.05) is 6.07 Å². The third-order valence-corrected chi connectivity index (χ3v) is 2.70. The Bertz CT molecular complexity index is 848. The van der Waals surface area contributed by atoms with E-state index in [1.165, 1.54) is 22.9 Å². The van der Waals surface area contributed by atoms with E-state index in [1.807, 2.05) is 0 Å². The summed E-state index contributed by atoms with van der Waals surface area (Å²) in [6.07, 6.45) is 4.56. The first kappa shape index (κ1) is 12.8. The van der Waals surface area contributed by atoms with Crippen molar-refractivity contribution in [3.8, 4) is 11.6 Å². The number of hydrogen-bond acceptors (Lipinski definition) is 6. The van der Waals surface area contributed by atoms with E-state index in [1.54, 1.807) is 6.20 Å². The number of ether oxygens (including phenoxy) is 1. The number of rotatable bonds is 3. The van der Waals surface area contributed by atoms with Gasteiger partial charge in [-0.15, -0.1) is 0 Å². The van der Waals surface area contributed by atoms with Gasteiger partial charge in [-0.3, -0.25) is 14.5 Å². The van der Waals surface area contributed by atoms with Gasteiger partial charge in [0.05, 0.1) is 11.1 Å². The SMILES string of the molecule is Nc1cn2ccnc2c(Oc2c(F)cccc2[N+](=O)[O-])n1. The van der Waals surface area contributed by atoms with Crippen molar-refractivity contribution in [3.05, 3.63) is 52.7 Å². The second kappa shape index (κ2) is 4.71. The quantitative estimate of drug-likeness (QED) is 0.584. The predicted molar refractivity (Wildman–Crippen MR) is 70.5 cm³/mol. The van der Waals surface area contributed by atoms with Crippen molar-refractivity contribution >= 4 is 17.2 Å². The van der Waals surface area contributed by atoms with E-state index in [2.05, 4.69) is 9.97 Å². The number of para-hydroxylation sites is 1. The average molecular weight is 289 g/mol. The molecule has 2 aromatic heterocycles. The first-order chi connectivity index (χ1) is 10.1. The second-order valence-electron chi connectivity index (χ2n) is 4.08. The lowest BCUT2D eigenvalue weighted by Gasteiger charge is -2.08. The number of hydrogen-bond donors (Lipinski definition) is 1. The number of nitrogens with zero attached hydrogens (tertiary/aromatic N) is 4. The third-order valence-electron chi connectivity index (χ3n) is 2.70. The molecule has 0 fully saturated rings. The molecule has 106 valence electrons. The van der Waals surface area contributed by atoms with E-state index >= 15 is 0 Å². The number of anilines is 1. The summed E-state index contributed by atoms with van der Waals surface area (Å²) in [6, 6.07) is 3.41. The number of nitrogen functional groups attached to an aromatic ring is 1. The lowest BCUT2D eigenvalue weighted by atomic mass is 10.3. The van der Waals surface area contributed by atoms with Crippen LogP contribution in [0.5, 0.6) is 11.6 Å². The van der Waals surface area contributed by atoms with Gasteiger partial charge in [0.25, 0.3) is 5.88 Å². The fourth-order valence-corrected chi connectivity index (χ4v) is 1.83. The zero-order chi connectivity index (χ0) is 15.0. The molecule has 0 unspecified atom stereocenters. The van der Waals surface area contributed by atoms with E-state index in [0.29, 0.717) is 0 Å². The summed E-state index contributed by atoms with van der Waals surface area (Å²) in [6.45, 7) is 0. The smallest absolute Gasteiger partial charge is 0.314 e. The van der Waals surface area contributed by atoms with Gasteiger partial charge in [-0.05, 0) is 6.07 Å². The predicted octanol–water partition coefficient (Wildman–Crippen LogP) is 2.15. The van der Waals surface area contributed by atoms with Gasteiger partial charge in [-0.25, -0.2) is 9.37 Å². The van der Waals surface area contributed by atoms with Crippen molar-refractivity contribution < 1.29 is 14.1 Å². The molecule has 8 nitrogen and oxygen atoms in total. The van der Waals surface area contributed by atoms with Crippen LogP contribution in [-0.4, -0.2) is 19.3 Å². The minimum atomic E-state index is -0.877. The molecule has 0 aliphatic heterocycles. The van der Waals surface area contributed by atoms with Crippen LogP contribution in [0.4, 0.5) is 15.9 Å². The van der Waals surface area contributed by atoms with Crippen LogP contribution in [0.1, 0.15) is 0 Å². The number of halogens is 1. The van der Waals surface area contributed by atoms with Crippen LogP contribution in [0, 0.1) is 15.9 Å². The minimum Gasteiger partial charge on any atom is -0.425 e. The summed E-state index contributed by atoms with van der Waals surface area (Å²) in [7, 11) is 0. The van der Waals surface area contributed by atoms with Crippen molar-refractivity contribution in [2.45, 2.75) is 0 Å². The molecule has 0 aliphatic rings. The Balaban J connectivity index is 2.15. The number of aromatic nitrogens is 3. The lowest BCUT2D eigenvalue weighted by Crippen LogP contribution is -2.01. The van der Waals surface area contributed by atoms with Gasteiger partial charge in [0.2, 0.25) is 11.4 Å². The molecule has 3 aromatic rings. The first-order valence-electron chi connectivity index (χ1n) is 5.76. The lowest BCUT2D eigenvalue weighted by molar-refractivity contribution is -0.385. The van der Waals surface area contributed by atoms with Gasteiger partial charge in [-0.2, -0.15) is 4.98 Å². The van der Waals surface area contributed by atoms with E-state index in [0.717, 1.165) is 12.1 Å². The van der Waals surface area contributed by atoms with Crippen LogP contribution >= 0.6 is 0 Å². The Kier molecular flexibility index (Phi) is 2.87. The maximum Gasteiger partial charge on any atom is 0.314 e. The summed E-state index contributed by atoms with van der Waals surface area (Å²) in [4.78, 5) is 18.1. The molecule has 1 aromatic carbocycles.